The Hall–Kier alpha value is -1.79. The molecule has 0 fully saturated rings. The number of hydrogen-bond donors (Lipinski definition) is 1. The van der Waals surface area contributed by atoms with Gasteiger partial charge in [-0.15, -0.1) is 0 Å². The Bertz CT molecular complexity index is 654. The van der Waals surface area contributed by atoms with Crippen LogP contribution in [0.2, 0.25) is 0 Å². The minimum absolute atomic E-state index is 0.256. The number of benzene rings is 2. The van der Waals surface area contributed by atoms with E-state index in [1.54, 1.807) is 38.5 Å². The predicted octanol–water partition coefficient (Wildman–Crippen LogP) is 3.89. The van der Waals surface area contributed by atoms with E-state index in [1.165, 1.54) is 0 Å². The van der Waals surface area contributed by atoms with Crippen LogP contribution < -0.4 is 19.9 Å². The van der Waals surface area contributed by atoms with Crippen molar-refractivity contribution >= 4 is 33.1 Å². The summed E-state index contributed by atoms with van der Waals surface area (Å²) in [5.41, 5.74) is 6.37. The summed E-state index contributed by atoms with van der Waals surface area (Å²) in [7, 11) is 3.13. The first-order chi connectivity index (χ1) is 10.1. The molecule has 0 aliphatic rings. The summed E-state index contributed by atoms with van der Waals surface area (Å²) in [4.78, 5) is 0.256. The van der Waals surface area contributed by atoms with Gasteiger partial charge in [0, 0.05) is 4.47 Å². The maximum atomic E-state index is 5.95. The molecule has 0 spiro atoms. The van der Waals surface area contributed by atoms with E-state index in [0.29, 0.717) is 28.6 Å². The highest BCUT2D eigenvalue weighted by atomic mass is 79.9. The average molecular weight is 368 g/mol. The van der Waals surface area contributed by atoms with Gasteiger partial charge in [0.2, 0.25) is 5.75 Å². The van der Waals surface area contributed by atoms with Gasteiger partial charge in [0.25, 0.3) is 0 Å². The molecule has 110 valence electrons. The third kappa shape index (κ3) is 3.46. The van der Waals surface area contributed by atoms with Gasteiger partial charge in [0.1, 0.15) is 10.7 Å². The fourth-order valence-corrected chi connectivity index (χ4v) is 2.32. The lowest BCUT2D eigenvalue weighted by Crippen LogP contribution is -2.11. The quantitative estimate of drug-likeness (QED) is 0.812. The summed E-state index contributed by atoms with van der Waals surface area (Å²) in [5, 5.41) is 0. The molecule has 2 N–H and O–H groups in total. The van der Waals surface area contributed by atoms with Gasteiger partial charge < -0.3 is 19.9 Å². The van der Waals surface area contributed by atoms with Gasteiger partial charge in [-0.25, -0.2) is 0 Å². The molecule has 0 radical (unpaired) electrons. The molecule has 0 saturated heterocycles. The predicted molar refractivity (Wildman–Crippen MR) is 89.6 cm³/mol. The van der Waals surface area contributed by atoms with Crippen LogP contribution in [0.4, 0.5) is 0 Å². The molecule has 4 nitrogen and oxygen atoms in total. The molecular weight excluding hydrogens is 354 g/mol. The minimum Gasteiger partial charge on any atom is -0.493 e. The van der Waals surface area contributed by atoms with Crippen LogP contribution in [-0.2, 0) is 0 Å². The van der Waals surface area contributed by atoms with E-state index in [1.807, 2.05) is 12.1 Å². The highest BCUT2D eigenvalue weighted by molar-refractivity contribution is 9.10. The van der Waals surface area contributed by atoms with E-state index >= 15 is 0 Å². The average Bonchev–Trinajstić information content (AvgIpc) is 2.47. The van der Waals surface area contributed by atoms with E-state index < -0.39 is 0 Å². The maximum absolute atomic E-state index is 5.95. The normalized spacial score (nSPS) is 10.0. The lowest BCUT2D eigenvalue weighted by molar-refractivity contribution is 0.346. The molecule has 2 aromatic carbocycles. The summed E-state index contributed by atoms with van der Waals surface area (Å²) < 4.78 is 17.4. The second-order valence-corrected chi connectivity index (χ2v) is 5.45. The highest BCUT2D eigenvalue weighted by Gasteiger charge is 2.15. The lowest BCUT2D eigenvalue weighted by Gasteiger charge is -2.16. The molecule has 0 heterocycles. The standard InChI is InChI=1S/C15H14BrNO3S/c1-18-11-4-3-5-12(19-2)14(11)20-13-8-9(16)6-7-10(13)15(17)21/h3-8H,1-2H3,(H2,17,21). The van der Waals surface area contributed by atoms with Crippen LogP contribution in [0.3, 0.4) is 0 Å². The van der Waals surface area contributed by atoms with Crippen molar-refractivity contribution in [2.75, 3.05) is 14.2 Å². The Morgan fingerprint density at radius 2 is 1.67 bits per heavy atom. The Morgan fingerprint density at radius 1 is 1.05 bits per heavy atom. The summed E-state index contributed by atoms with van der Waals surface area (Å²) >= 11 is 8.45. The third-order valence-electron chi connectivity index (χ3n) is 2.80. The van der Waals surface area contributed by atoms with Gasteiger partial charge in [-0.3, -0.25) is 0 Å². The van der Waals surface area contributed by atoms with E-state index in [9.17, 15) is 0 Å². The fraction of sp³-hybridized carbons (Fsp3) is 0.133. The fourth-order valence-electron chi connectivity index (χ4n) is 1.81. The van der Waals surface area contributed by atoms with Crippen molar-refractivity contribution in [2.24, 2.45) is 5.73 Å². The number of para-hydroxylation sites is 1. The molecule has 0 unspecified atom stereocenters. The zero-order chi connectivity index (χ0) is 15.4. The molecule has 21 heavy (non-hydrogen) atoms. The zero-order valence-corrected chi connectivity index (χ0v) is 14.0. The monoisotopic (exact) mass is 367 g/mol. The Kier molecular flexibility index (Phi) is 5.03. The summed E-state index contributed by atoms with van der Waals surface area (Å²) in [6.07, 6.45) is 0. The minimum atomic E-state index is 0.256. The molecule has 6 heteroatoms. The molecule has 0 saturated carbocycles. The lowest BCUT2D eigenvalue weighted by atomic mass is 10.2. The molecule has 0 aliphatic heterocycles. The van der Waals surface area contributed by atoms with Gasteiger partial charge in [-0.05, 0) is 30.3 Å². The number of rotatable bonds is 5. The molecular formula is C15H14BrNO3S. The van der Waals surface area contributed by atoms with Crippen molar-refractivity contribution in [3.8, 4) is 23.0 Å². The largest absolute Gasteiger partial charge is 0.493 e. The molecule has 0 bridgehead atoms. The van der Waals surface area contributed by atoms with Crippen molar-refractivity contribution in [1.29, 1.82) is 0 Å². The van der Waals surface area contributed by atoms with Gasteiger partial charge in [0.05, 0.1) is 19.8 Å². The van der Waals surface area contributed by atoms with E-state index in [2.05, 4.69) is 15.9 Å². The number of hydrogen-bond acceptors (Lipinski definition) is 4. The van der Waals surface area contributed by atoms with Gasteiger partial charge >= 0.3 is 0 Å². The Morgan fingerprint density at radius 3 is 2.19 bits per heavy atom. The smallest absolute Gasteiger partial charge is 0.211 e. The Labute approximate surface area is 136 Å². The first kappa shape index (κ1) is 15.6. The summed E-state index contributed by atoms with van der Waals surface area (Å²) in [6.45, 7) is 0. The van der Waals surface area contributed by atoms with Crippen molar-refractivity contribution in [3.63, 3.8) is 0 Å². The van der Waals surface area contributed by atoms with Crippen molar-refractivity contribution in [2.45, 2.75) is 0 Å². The number of thiocarbonyl (C=S) groups is 1. The van der Waals surface area contributed by atoms with Crippen LogP contribution in [0.25, 0.3) is 0 Å². The first-order valence-electron chi connectivity index (χ1n) is 6.05. The van der Waals surface area contributed by atoms with E-state index in [0.717, 1.165) is 4.47 Å². The van der Waals surface area contributed by atoms with Crippen molar-refractivity contribution in [3.05, 3.63) is 46.4 Å². The molecule has 0 amide bonds. The van der Waals surface area contributed by atoms with Crippen LogP contribution >= 0.6 is 28.1 Å². The van der Waals surface area contributed by atoms with Gasteiger partial charge in [0.15, 0.2) is 11.5 Å². The topological polar surface area (TPSA) is 53.7 Å². The second kappa shape index (κ2) is 6.78. The summed E-state index contributed by atoms with van der Waals surface area (Å²) in [6, 6.07) is 10.8. The van der Waals surface area contributed by atoms with E-state index in [4.69, 9.17) is 32.2 Å². The first-order valence-corrected chi connectivity index (χ1v) is 7.25. The third-order valence-corrected chi connectivity index (χ3v) is 3.52. The van der Waals surface area contributed by atoms with Crippen LogP contribution in [0, 0.1) is 0 Å². The van der Waals surface area contributed by atoms with Crippen LogP contribution in [-0.4, -0.2) is 19.2 Å². The summed E-state index contributed by atoms with van der Waals surface area (Å²) in [5.74, 6) is 2.12. The van der Waals surface area contributed by atoms with Crippen molar-refractivity contribution in [1.82, 2.24) is 0 Å². The number of ether oxygens (including phenoxy) is 3. The second-order valence-electron chi connectivity index (χ2n) is 4.10. The van der Waals surface area contributed by atoms with Gasteiger partial charge in [-0.2, -0.15) is 0 Å². The van der Waals surface area contributed by atoms with Crippen molar-refractivity contribution < 1.29 is 14.2 Å². The van der Waals surface area contributed by atoms with Gasteiger partial charge in [-0.1, -0.05) is 34.2 Å². The number of methoxy groups -OCH3 is 2. The van der Waals surface area contributed by atoms with Crippen LogP contribution in [0.5, 0.6) is 23.0 Å². The zero-order valence-electron chi connectivity index (χ0n) is 11.6. The van der Waals surface area contributed by atoms with Crippen LogP contribution in [0.1, 0.15) is 5.56 Å². The van der Waals surface area contributed by atoms with E-state index in [-0.39, 0.29) is 4.99 Å². The molecule has 2 aromatic rings. The maximum Gasteiger partial charge on any atom is 0.211 e. The number of nitrogens with two attached hydrogens (primary N) is 1. The Balaban J connectivity index is 2.52. The molecule has 2 rings (SSSR count). The molecule has 0 aromatic heterocycles. The van der Waals surface area contributed by atoms with Crippen LogP contribution in [0.15, 0.2) is 40.9 Å². The highest BCUT2D eigenvalue weighted by Crippen LogP contribution is 2.41. The molecule has 0 aliphatic carbocycles. The SMILES string of the molecule is COc1cccc(OC)c1Oc1cc(Br)ccc1C(N)=S. The number of halogens is 1. The molecule has 0 atom stereocenters.